The lowest BCUT2D eigenvalue weighted by atomic mass is 10.1. The molecule has 0 radical (unpaired) electrons. The topological polar surface area (TPSA) is 63.5 Å². The fourth-order valence-corrected chi connectivity index (χ4v) is 2.23. The van der Waals surface area contributed by atoms with Crippen molar-refractivity contribution in [3.05, 3.63) is 33.1 Å². The lowest BCUT2D eigenvalue weighted by molar-refractivity contribution is -0.384. The minimum atomic E-state index is -0.820. The summed E-state index contributed by atoms with van der Waals surface area (Å²) in [6.07, 6.45) is 5.30. The molecule has 2 rings (SSSR count). The maximum atomic E-state index is 13.4. The molecule has 0 bridgehead atoms. The smallest absolute Gasteiger partial charge is 0.294 e. The molecule has 0 aliphatic carbocycles. The van der Waals surface area contributed by atoms with Crippen LogP contribution in [0.1, 0.15) is 6.42 Å². The van der Waals surface area contributed by atoms with E-state index in [1.807, 2.05) is 0 Å². The van der Waals surface area contributed by atoms with Crippen LogP contribution in [0.4, 0.5) is 15.8 Å². The minimum Gasteiger partial charge on any atom is -0.304 e. The van der Waals surface area contributed by atoms with Crippen molar-refractivity contribution < 1.29 is 14.1 Å². The first-order valence-corrected chi connectivity index (χ1v) is 5.72. The molecule has 1 aliphatic rings. The molecule has 1 aliphatic heterocycles. The fourth-order valence-electron chi connectivity index (χ4n) is 1.97. The van der Waals surface area contributed by atoms with E-state index in [4.69, 9.17) is 18.0 Å². The highest BCUT2D eigenvalue weighted by Gasteiger charge is 2.35. The highest BCUT2D eigenvalue weighted by Crippen LogP contribution is 2.40. The number of nitro benzene ring substituents is 1. The van der Waals surface area contributed by atoms with Crippen molar-refractivity contribution >= 4 is 28.9 Å². The molecule has 0 aromatic heterocycles. The molecule has 1 amide bonds. The number of anilines is 1. The van der Waals surface area contributed by atoms with Gasteiger partial charge >= 0.3 is 0 Å². The molecule has 1 heterocycles. The molecule has 0 saturated carbocycles. The second-order valence-electron chi connectivity index (χ2n) is 4.06. The summed E-state index contributed by atoms with van der Waals surface area (Å²) in [5, 5.41) is 10.5. The van der Waals surface area contributed by atoms with Gasteiger partial charge in [0.2, 0.25) is 5.91 Å². The summed E-state index contributed by atoms with van der Waals surface area (Å²) in [5.74, 6) is 0.828. The van der Waals surface area contributed by atoms with Gasteiger partial charge in [0, 0.05) is 24.9 Å². The highest BCUT2D eigenvalue weighted by atomic mass is 35.5. The number of amides is 1. The lowest BCUT2D eigenvalue weighted by Gasteiger charge is -2.17. The average molecular weight is 283 g/mol. The van der Waals surface area contributed by atoms with E-state index in [9.17, 15) is 19.3 Å². The molecule has 1 atom stereocenters. The van der Waals surface area contributed by atoms with E-state index in [0.717, 1.165) is 17.0 Å². The van der Waals surface area contributed by atoms with Gasteiger partial charge in [-0.1, -0.05) is 11.6 Å². The molecule has 19 heavy (non-hydrogen) atoms. The van der Waals surface area contributed by atoms with Crippen molar-refractivity contribution in [3.63, 3.8) is 0 Å². The largest absolute Gasteiger partial charge is 0.304 e. The van der Waals surface area contributed by atoms with Gasteiger partial charge in [0.15, 0.2) is 0 Å². The molecule has 5 nitrogen and oxygen atoms in total. The number of hydrogen-bond acceptors (Lipinski definition) is 3. The predicted molar refractivity (Wildman–Crippen MR) is 67.4 cm³/mol. The summed E-state index contributed by atoms with van der Waals surface area (Å²) < 4.78 is 13.4. The molecular formula is C12H8ClFN2O3. The number of hydrogen-bond donors (Lipinski definition) is 0. The normalized spacial score (nSPS) is 18.5. The Morgan fingerprint density at radius 2 is 2.26 bits per heavy atom. The Hall–Kier alpha value is -2.13. The second-order valence-corrected chi connectivity index (χ2v) is 4.44. The van der Waals surface area contributed by atoms with Crippen molar-refractivity contribution in [2.24, 2.45) is 5.92 Å². The molecule has 1 saturated heterocycles. The van der Waals surface area contributed by atoms with E-state index in [1.54, 1.807) is 0 Å². The van der Waals surface area contributed by atoms with Gasteiger partial charge in [-0.3, -0.25) is 14.9 Å². The van der Waals surface area contributed by atoms with Gasteiger partial charge in [-0.15, -0.1) is 12.3 Å². The number of rotatable bonds is 2. The van der Waals surface area contributed by atoms with Crippen molar-refractivity contribution in [3.8, 4) is 12.3 Å². The van der Waals surface area contributed by atoms with Gasteiger partial charge in [0.05, 0.1) is 4.92 Å². The third-order valence-electron chi connectivity index (χ3n) is 2.88. The molecule has 0 N–H and O–H groups in total. The van der Waals surface area contributed by atoms with E-state index < -0.39 is 27.4 Å². The monoisotopic (exact) mass is 282 g/mol. The van der Waals surface area contributed by atoms with Crippen molar-refractivity contribution in [1.82, 2.24) is 0 Å². The van der Waals surface area contributed by atoms with Crippen LogP contribution in [0, 0.1) is 34.2 Å². The van der Waals surface area contributed by atoms with Gasteiger partial charge in [-0.2, -0.15) is 0 Å². The lowest BCUT2D eigenvalue weighted by Crippen LogP contribution is -2.26. The zero-order valence-electron chi connectivity index (χ0n) is 9.60. The van der Waals surface area contributed by atoms with E-state index in [2.05, 4.69) is 5.92 Å². The van der Waals surface area contributed by atoms with Gasteiger partial charge < -0.3 is 4.90 Å². The van der Waals surface area contributed by atoms with Crippen LogP contribution >= 0.6 is 11.6 Å². The minimum absolute atomic E-state index is 0.0699. The zero-order chi connectivity index (χ0) is 14.2. The predicted octanol–water partition coefficient (Wildman–Crippen LogP) is 2.37. The second kappa shape index (κ2) is 4.86. The van der Waals surface area contributed by atoms with Crippen molar-refractivity contribution in [2.75, 3.05) is 11.4 Å². The summed E-state index contributed by atoms with van der Waals surface area (Å²) >= 11 is 5.75. The first kappa shape index (κ1) is 13.3. The molecule has 0 spiro atoms. The number of carbonyl (C=O) groups excluding carboxylic acids is 1. The SMILES string of the molecule is C#CC1CC(=O)N(c2c([N+](=O)[O-])ccc(F)c2Cl)C1. The third kappa shape index (κ3) is 2.25. The van der Waals surface area contributed by atoms with E-state index >= 15 is 0 Å². The average Bonchev–Trinajstić information content (AvgIpc) is 2.73. The standard InChI is InChI=1S/C12H8ClFN2O3/c1-2-7-5-10(17)15(6-7)12-9(16(18)19)4-3-8(14)11(12)13/h1,3-4,7H,5-6H2. The molecule has 98 valence electrons. The molecule has 1 aromatic carbocycles. The van der Waals surface area contributed by atoms with Crippen LogP contribution in [0.5, 0.6) is 0 Å². The van der Waals surface area contributed by atoms with Crippen LogP contribution in [0.2, 0.25) is 5.02 Å². The van der Waals surface area contributed by atoms with Gasteiger partial charge in [-0.05, 0) is 6.07 Å². The molecule has 7 heteroatoms. The highest BCUT2D eigenvalue weighted by molar-refractivity contribution is 6.34. The number of nitrogens with zero attached hydrogens (tertiary/aromatic N) is 2. The van der Waals surface area contributed by atoms with Crippen molar-refractivity contribution in [2.45, 2.75) is 6.42 Å². The van der Waals surface area contributed by atoms with Crippen LogP contribution in [0.25, 0.3) is 0 Å². The van der Waals surface area contributed by atoms with Gasteiger partial charge in [0.25, 0.3) is 5.69 Å². The zero-order valence-corrected chi connectivity index (χ0v) is 10.4. The van der Waals surface area contributed by atoms with E-state index in [0.29, 0.717) is 0 Å². The summed E-state index contributed by atoms with van der Waals surface area (Å²) in [6, 6.07) is 1.87. The fraction of sp³-hybridized carbons (Fsp3) is 0.250. The van der Waals surface area contributed by atoms with E-state index in [-0.39, 0.29) is 24.6 Å². The third-order valence-corrected chi connectivity index (χ3v) is 3.23. The first-order chi connectivity index (χ1) is 8.95. The van der Waals surface area contributed by atoms with Crippen molar-refractivity contribution in [1.29, 1.82) is 0 Å². The van der Waals surface area contributed by atoms with Crippen LogP contribution in [0.3, 0.4) is 0 Å². The quantitative estimate of drug-likeness (QED) is 0.475. The molecule has 1 fully saturated rings. The Kier molecular flexibility index (Phi) is 3.40. The summed E-state index contributed by atoms with van der Waals surface area (Å²) in [6.45, 7) is 0.0966. The molecule has 1 unspecified atom stereocenters. The number of benzene rings is 1. The maximum Gasteiger partial charge on any atom is 0.294 e. The van der Waals surface area contributed by atoms with Crippen LogP contribution < -0.4 is 4.90 Å². The maximum absolute atomic E-state index is 13.4. The Morgan fingerprint density at radius 3 is 2.79 bits per heavy atom. The van der Waals surface area contributed by atoms with Gasteiger partial charge in [-0.25, -0.2) is 4.39 Å². The number of nitro groups is 1. The Bertz CT molecular complexity index is 612. The van der Waals surface area contributed by atoms with E-state index in [1.165, 1.54) is 0 Å². The summed E-state index contributed by atoms with van der Waals surface area (Å²) in [4.78, 5) is 23.1. The van der Waals surface area contributed by atoms with Crippen LogP contribution in [-0.4, -0.2) is 17.4 Å². The molecule has 1 aromatic rings. The summed E-state index contributed by atoms with van der Waals surface area (Å²) in [5.41, 5.74) is -0.646. The van der Waals surface area contributed by atoms with Crippen LogP contribution in [0.15, 0.2) is 12.1 Å². The van der Waals surface area contributed by atoms with Gasteiger partial charge in [0.1, 0.15) is 16.5 Å². The Morgan fingerprint density at radius 1 is 1.58 bits per heavy atom. The first-order valence-electron chi connectivity index (χ1n) is 5.34. The Balaban J connectivity index is 2.56. The number of halogens is 2. The molecular weight excluding hydrogens is 275 g/mol. The number of carbonyl (C=O) groups is 1. The summed E-state index contributed by atoms with van der Waals surface area (Å²) in [7, 11) is 0. The van der Waals surface area contributed by atoms with Crippen LogP contribution in [-0.2, 0) is 4.79 Å². The Labute approximate surface area is 113 Å². The number of terminal acetylenes is 1.